The predicted molar refractivity (Wildman–Crippen MR) is 172 cm³/mol. The van der Waals surface area contributed by atoms with Gasteiger partial charge in [-0.2, -0.15) is 0 Å². The molecule has 258 valence electrons. The zero-order valence-corrected chi connectivity index (χ0v) is 28.4. The number of aryl methyl sites for hydroxylation is 3. The number of nitrogens with two attached hydrogens (primary N) is 3. The molecular formula is C30H49N7O8S. The van der Waals surface area contributed by atoms with Crippen LogP contribution in [0.1, 0.15) is 76.0 Å². The molecule has 1 aliphatic rings. The fraction of sp³-hybridized carbons (Fsp3) is 0.633. The fourth-order valence-corrected chi connectivity index (χ4v) is 7.63. The lowest BCUT2D eigenvalue weighted by molar-refractivity contribution is -0.149. The summed E-state index contributed by atoms with van der Waals surface area (Å²) in [5.74, 6) is -3.46. The average Bonchev–Trinajstić information content (AvgIpc) is 3.40. The van der Waals surface area contributed by atoms with E-state index < -0.39 is 57.6 Å². The maximum Gasteiger partial charge on any atom is 0.408 e. The number of nitrogens with one attached hydrogen (secondary N) is 1. The number of amides is 3. The molecule has 3 amide bonds. The number of guanidine groups is 1. The normalized spacial score (nSPS) is 16.3. The van der Waals surface area contributed by atoms with Gasteiger partial charge in [-0.15, -0.1) is 0 Å². The second kappa shape index (κ2) is 16.1. The van der Waals surface area contributed by atoms with Gasteiger partial charge in [0, 0.05) is 13.1 Å². The molecule has 1 heterocycles. The third kappa shape index (κ3) is 10.0. The standard InChI is InChI=1S/C30H49N7O8S/c1-18-16-19(2)24(20(3)17-18)46(43,44)37(23(27(40)41)11-8-14-34-28(32)33)26(39)22-12-9-15-36(22)25(38)21(10-7-13-31)35-29(42)45-30(4,5)6/h16-17,21-23H,7-15,31H2,1-6H3,(H,35,42)(H,40,41)(H4,32,33,34)/t21-,22-,23-/m0/s1. The first kappa shape index (κ1) is 38.3. The number of carboxylic acids is 1. The highest BCUT2D eigenvalue weighted by molar-refractivity contribution is 7.89. The summed E-state index contributed by atoms with van der Waals surface area (Å²) in [5.41, 5.74) is 17.0. The molecule has 1 saturated heterocycles. The van der Waals surface area contributed by atoms with E-state index in [9.17, 15) is 32.7 Å². The summed E-state index contributed by atoms with van der Waals surface area (Å²) in [4.78, 5) is 58.4. The molecule has 0 unspecified atom stereocenters. The predicted octanol–water partition coefficient (Wildman–Crippen LogP) is 1.26. The van der Waals surface area contributed by atoms with Crippen molar-refractivity contribution < 1.29 is 37.4 Å². The summed E-state index contributed by atoms with van der Waals surface area (Å²) in [5, 5.41) is 12.8. The number of aliphatic imine (C=N–C) groups is 1. The van der Waals surface area contributed by atoms with Crippen LogP contribution in [0.15, 0.2) is 22.0 Å². The van der Waals surface area contributed by atoms with Crippen molar-refractivity contribution in [1.29, 1.82) is 0 Å². The van der Waals surface area contributed by atoms with Gasteiger partial charge in [-0.3, -0.25) is 14.6 Å². The zero-order chi connectivity index (χ0) is 35.0. The Bertz CT molecular complexity index is 1400. The lowest BCUT2D eigenvalue weighted by Gasteiger charge is -2.35. The van der Waals surface area contributed by atoms with Gasteiger partial charge >= 0.3 is 12.1 Å². The van der Waals surface area contributed by atoms with Gasteiger partial charge in [0.1, 0.15) is 23.7 Å². The van der Waals surface area contributed by atoms with Gasteiger partial charge in [-0.1, -0.05) is 17.7 Å². The van der Waals surface area contributed by atoms with E-state index in [-0.39, 0.29) is 56.2 Å². The Hall–Kier alpha value is -3.92. The SMILES string of the molecule is Cc1cc(C)c(S(=O)(=O)N(C(=O)[C@@H]2CCCN2C(=O)[C@H](CCCN)NC(=O)OC(C)(C)C)[C@@H](CCCN=C(N)N)C(=O)O)c(C)c1. The quantitative estimate of drug-likeness (QED) is 0.107. The minimum Gasteiger partial charge on any atom is -0.480 e. The minimum absolute atomic E-state index is 0.00394. The number of carbonyl (C=O) groups is 4. The molecule has 1 aliphatic heterocycles. The smallest absolute Gasteiger partial charge is 0.408 e. The van der Waals surface area contributed by atoms with Gasteiger partial charge in [-0.25, -0.2) is 22.3 Å². The number of aliphatic carboxylic acids is 1. The van der Waals surface area contributed by atoms with Crippen molar-refractivity contribution in [3.05, 3.63) is 28.8 Å². The third-order valence-corrected chi connectivity index (χ3v) is 9.46. The Morgan fingerprint density at radius 2 is 1.72 bits per heavy atom. The lowest BCUT2D eigenvalue weighted by Crippen LogP contribution is -2.58. The maximum atomic E-state index is 14.4. The van der Waals surface area contributed by atoms with Crippen LogP contribution < -0.4 is 22.5 Å². The van der Waals surface area contributed by atoms with E-state index in [1.807, 2.05) is 0 Å². The number of hydrogen-bond donors (Lipinski definition) is 5. The number of alkyl carbamates (subject to hydrolysis) is 1. The molecule has 0 aliphatic carbocycles. The van der Waals surface area contributed by atoms with Crippen LogP contribution in [0.4, 0.5) is 4.79 Å². The highest BCUT2D eigenvalue weighted by atomic mass is 32.2. The molecule has 0 bridgehead atoms. The van der Waals surface area contributed by atoms with Crippen LogP contribution in [-0.4, -0.2) is 95.9 Å². The summed E-state index contributed by atoms with van der Waals surface area (Å²) in [6.07, 6.45) is -0.156. The van der Waals surface area contributed by atoms with Gasteiger partial charge in [0.2, 0.25) is 5.91 Å². The van der Waals surface area contributed by atoms with Crippen LogP contribution in [0.3, 0.4) is 0 Å². The molecule has 1 aromatic carbocycles. The van der Waals surface area contributed by atoms with Crippen LogP contribution in [0, 0.1) is 20.8 Å². The Morgan fingerprint density at radius 3 is 2.24 bits per heavy atom. The molecule has 0 aromatic heterocycles. The molecule has 16 heteroatoms. The Balaban J connectivity index is 2.60. The largest absolute Gasteiger partial charge is 0.480 e. The summed E-state index contributed by atoms with van der Waals surface area (Å²) < 4.78 is 34.5. The van der Waals surface area contributed by atoms with Crippen LogP contribution >= 0.6 is 0 Å². The first-order valence-electron chi connectivity index (χ1n) is 15.3. The molecule has 2 rings (SSSR count). The van der Waals surface area contributed by atoms with Crippen molar-refractivity contribution in [1.82, 2.24) is 14.5 Å². The maximum absolute atomic E-state index is 14.4. The van der Waals surface area contributed by atoms with Crippen LogP contribution in [0.2, 0.25) is 0 Å². The van der Waals surface area contributed by atoms with Gasteiger partial charge < -0.3 is 37.3 Å². The molecule has 8 N–H and O–H groups in total. The number of benzene rings is 1. The highest BCUT2D eigenvalue weighted by Gasteiger charge is 2.47. The number of ether oxygens (including phenoxy) is 1. The molecule has 0 spiro atoms. The number of rotatable bonds is 14. The first-order chi connectivity index (χ1) is 21.3. The van der Waals surface area contributed by atoms with Gasteiger partial charge in [0.25, 0.3) is 15.9 Å². The molecule has 46 heavy (non-hydrogen) atoms. The topological polar surface area (TPSA) is 241 Å². The highest BCUT2D eigenvalue weighted by Crippen LogP contribution is 2.31. The van der Waals surface area contributed by atoms with Gasteiger partial charge in [0.05, 0.1) is 4.90 Å². The van der Waals surface area contributed by atoms with Crippen molar-refractivity contribution in [2.45, 2.75) is 109 Å². The van der Waals surface area contributed by atoms with E-state index in [1.54, 1.807) is 53.7 Å². The number of hydrogen-bond acceptors (Lipinski definition) is 9. The van der Waals surface area contributed by atoms with E-state index in [0.717, 1.165) is 5.56 Å². The van der Waals surface area contributed by atoms with Crippen LogP contribution in [0.5, 0.6) is 0 Å². The van der Waals surface area contributed by atoms with Crippen molar-refractivity contribution in [3.63, 3.8) is 0 Å². The molecule has 0 saturated carbocycles. The number of likely N-dealkylation sites (tertiary alicyclic amines) is 1. The van der Waals surface area contributed by atoms with Crippen molar-refractivity contribution in [3.8, 4) is 0 Å². The van der Waals surface area contributed by atoms with E-state index in [4.69, 9.17) is 21.9 Å². The molecule has 1 aromatic rings. The number of sulfonamides is 1. The zero-order valence-electron chi connectivity index (χ0n) is 27.5. The summed E-state index contributed by atoms with van der Waals surface area (Å²) >= 11 is 0. The van der Waals surface area contributed by atoms with E-state index >= 15 is 0 Å². The Labute approximate surface area is 270 Å². The molecule has 1 fully saturated rings. The van der Waals surface area contributed by atoms with Gasteiger partial charge in [0.15, 0.2) is 5.96 Å². The van der Waals surface area contributed by atoms with Crippen molar-refractivity contribution in [2.24, 2.45) is 22.2 Å². The first-order valence-corrected chi connectivity index (χ1v) is 16.7. The van der Waals surface area contributed by atoms with E-state index in [0.29, 0.717) is 28.3 Å². The van der Waals surface area contributed by atoms with E-state index in [2.05, 4.69) is 10.3 Å². The molecule has 0 radical (unpaired) electrons. The average molecular weight is 668 g/mol. The third-order valence-electron chi connectivity index (χ3n) is 7.34. The molecule has 15 nitrogen and oxygen atoms in total. The van der Waals surface area contributed by atoms with Crippen LogP contribution in [-0.2, 0) is 29.1 Å². The fourth-order valence-electron chi connectivity index (χ4n) is 5.61. The Kier molecular flexibility index (Phi) is 13.4. The summed E-state index contributed by atoms with van der Waals surface area (Å²) in [6.45, 7) is 10.2. The second-order valence-corrected chi connectivity index (χ2v) is 14.2. The summed E-state index contributed by atoms with van der Waals surface area (Å²) in [6, 6.07) is -0.987. The van der Waals surface area contributed by atoms with Crippen LogP contribution in [0.25, 0.3) is 0 Å². The van der Waals surface area contributed by atoms with Crippen molar-refractivity contribution in [2.75, 3.05) is 19.6 Å². The minimum atomic E-state index is -4.76. The lowest BCUT2D eigenvalue weighted by atomic mass is 10.1. The monoisotopic (exact) mass is 667 g/mol. The number of nitrogens with zero attached hydrogens (tertiary/aromatic N) is 3. The van der Waals surface area contributed by atoms with E-state index in [1.165, 1.54) is 4.90 Å². The molecule has 3 atom stereocenters. The number of carbonyl (C=O) groups excluding carboxylic acids is 3. The molecular weight excluding hydrogens is 618 g/mol. The van der Waals surface area contributed by atoms with Crippen molar-refractivity contribution >= 4 is 39.9 Å². The number of carboxylic acid groups (broad SMARTS) is 1. The summed E-state index contributed by atoms with van der Waals surface area (Å²) in [7, 11) is -4.76. The Morgan fingerprint density at radius 1 is 1.11 bits per heavy atom. The van der Waals surface area contributed by atoms with Gasteiger partial charge in [-0.05, 0) is 97.7 Å². The second-order valence-electron chi connectivity index (χ2n) is 12.5.